The molecule has 2 aromatic carbocycles. The number of hydrogen-bond acceptors (Lipinski definition) is 5. The van der Waals surface area contributed by atoms with Gasteiger partial charge in [0.25, 0.3) is 5.91 Å². The first-order valence-electron chi connectivity index (χ1n) is 9.13. The topological polar surface area (TPSA) is 72.9 Å². The summed E-state index contributed by atoms with van der Waals surface area (Å²) in [6, 6.07) is 13.3. The molecule has 2 aromatic rings. The van der Waals surface area contributed by atoms with Gasteiger partial charge in [0.05, 0.1) is 25.0 Å². The number of sulfone groups is 1. The molecule has 1 aliphatic rings. The number of ether oxygens (including phenoxy) is 2. The second-order valence-electron chi connectivity index (χ2n) is 6.28. The van der Waals surface area contributed by atoms with E-state index in [0.717, 1.165) is 0 Å². The van der Waals surface area contributed by atoms with E-state index < -0.39 is 15.9 Å². The van der Waals surface area contributed by atoms with E-state index in [4.69, 9.17) is 9.47 Å². The summed E-state index contributed by atoms with van der Waals surface area (Å²) in [5.74, 6) is 0.950. The summed E-state index contributed by atoms with van der Waals surface area (Å²) in [6.45, 7) is 4.86. The molecule has 1 heterocycles. The van der Waals surface area contributed by atoms with Crippen LogP contribution in [-0.4, -0.2) is 39.3 Å². The van der Waals surface area contributed by atoms with Crippen LogP contribution in [0.25, 0.3) is 0 Å². The Kier molecular flexibility index (Phi) is 6.04. The van der Waals surface area contributed by atoms with E-state index in [1.54, 1.807) is 54.6 Å². The summed E-state index contributed by atoms with van der Waals surface area (Å²) in [5, 5.41) is 1.17. The molecule has 0 N–H and O–H groups in total. The third-order valence-electron chi connectivity index (χ3n) is 4.30. The summed E-state index contributed by atoms with van der Waals surface area (Å²) in [4.78, 5) is 14.8. The van der Waals surface area contributed by atoms with Gasteiger partial charge in [-0.25, -0.2) is 8.42 Å². The molecule has 0 aliphatic carbocycles. The van der Waals surface area contributed by atoms with E-state index in [1.807, 2.05) is 13.8 Å². The Bertz CT molecular complexity index is 949. The first-order valence-corrected chi connectivity index (χ1v) is 10.9. The van der Waals surface area contributed by atoms with Crippen molar-refractivity contribution in [2.24, 2.45) is 0 Å². The fourth-order valence-corrected chi connectivity index (χ4v) is 4.32. The molecular formula is C21H23NO5S. The fourth-order valence-electron chi connectivity index (χ4n) is 3.05. The number of hydrogen-bond donors (Lipinski definition) is 0. The van der Waals surface area contributed by atoms with Crippen LogP contribution in [0.2, 0.25) is 0 Å². The minimum atomic E-state index is -3.31. The van der Waals surface area contributed by atoms with Crippen LogP contribution >= 0.6 is 0 Å². The smallest absolute Gasteiger partial charge is 0.258 e. The van der Waals surface area contributed by atoms with Crippen LogP contribution in [-0.2, 0) is 9.84 Å². The third kappa shape index (κ3) is 4.54. The zero-order valence-electron chi connectivity index (χ0n) is 15.9. The van der Waals surface area contributed by atoms with Crippen molar-refractivity contribution in [3.05, 3.63) is 65.6 Å². The Morgan fingerprint density at radius 2 is 1.50 bits per heavy atom. The van der Waals surface area contributed by atoms with Gasteiger partial charge < -0.3 is 14.4 Å². The van der Waals surface area contributed by atoms with E-state index in [2.05, 4.69) is 0 Å². The molecule has 7 heteroatoms. The quantitative estimate of drug-likeness (QED) is 0.711. The number of benzene rings is 2. The minimum absolute atomic E-state index is 0.136. The van der Waals surface area contributed by atoms with Gasteiger partial charge in [-0.2, -0.15) is 0 Å². The molecule has 6 nitrogen and oxygen atoms in total. The molecular weight excluding hydrogens is 378 g/mol. The summed E-state index contributed by atoms with van der Waals surface area (Å²) < 4.78 is 34.7. The molecule has 148 valence electrons. The van der Waals surface area contributed by atoms with E-state index in [9.17, 15) is 13.2 Å². The van der Waals surface area contributed by atoms with Crippen LogP contribution in [0.1, 0.15) is 24.2 Å². The number of amides is 1. The molecule has 0 aromatic heterocycles. The van der Waals surface area contributed by atoms with Crippen LogP contribution in [0.5, 0.6) is 11.5 Å². The van der Waals surface area contributed by atoms with Crippen LogP contribution in [0.4, 0.5) is 5.69 Å². The van der Waals surface area contributed by atoms with Gasteiger partial charge in [-0.05, 0) is 68.5 Å². The highest BCUT2D eigenvalue weighted by molar-refractivity contribution is 7.94. The van der Waals surface area contributed by atoms with E-state index in [-0.39, 0.29) is 11.7 Å². The number of rotatable bonds is 7. The van der Waals surface area contributed by atoms with Crippen molar-refractivity contribution in [1.82, 2.24) is 0 Å². The Morgan fingerprint density at radius 3 is 1.96 bits per heavy atom. The van der Waals surface area contributed by atoms with Crippen LogP contribution in [0.15, 0.2) is 60.0 Å². The normalized spacial score (nSPS) is 17.3. The summed E-state index contributed by atoms with van der Waals surface area (Å²) in [5.41, 5.74) is 1.06. The van der Waals surface area contributed by atoms with E-state index in [1.165, 1.54) is 10.3 Å². The Balaban J connectivity index is 1.93. The highest BCUT2D eigenvalue weighted by Gasteiger charge is 2.32. The lowest BCUT2D eigenvalue weighted by atomic mass is 10.1. The highest BCUT2D eigenvalue weighted by Crippen LogP contribution is 2.27. The number of nitrogens with zero attached hydrogens (tertiary/aromatic N) is 1. The maximum atomic E-state index is 13.2. The Hall–Kier alpha value is -2.80. The van der Waals surface area contributed by atoms with Gasteiger partial charge in [-0.1, -0.05) is 0 Å². The lowest BCUT2D eigenvalue weighted by molar-refractivity contribution is 0.0983. The lowest BCUT2D eigenvalue weighted by Gasteiger charge is -2.28. The third-order valence-corrected chi connectivity index (χ3v) is 5.68. The molecule has 0 unspecified atom stereocenters. The Labute approximate surface area is 165 Å². The second-order valence-corrected chi connectivity index (χ2v) is 8.22. The van der Waals surface area contributed by atoms with Crippen molar-refractivity contribution < 1.29 is 22.7 Å². The first kappa shape index (κ1) is 19.9. The largest absolute Gasteiger partial charge is 0.494 e. The molecule has 1 aliphatic heterocycles. The van der Waals surface area contributed by atoms with Gasteiger partial charge >= 0.3 is 0 Å². The molecule has 0 spiro atoms. The zero-order chi connectivity index (χ0) is 20.1. The van der Waals surface area contributed by atoms with Crippen molar-refractivity contribution in [1.29, 1.82) is 0 Å². The molecule has 1 atom stereocenters. The van der Waals surface area contributed by atoms with Crippen molar-refractivity contribution >= 4 is 21.4 Å². The second kappa shape index (κ2) is 8.48. The van der Waals surface area contributed by atoms with Gasteiger partial charge in [-0.3, -0.25) is 4.79 Å². The molecule has 0 radical (unpaired) electrons. The van der Waals surface area contributed by atoms with Gasteiger partial charge in [0, 0.05) is 16.7 Å². The molecule has 0 bridgehead atoms. The summed E-state index contributed by atoms with van der Waals surface area (Å²) in [7, 11) is -3.31. The van der Waals surface area contributed by atoms with Crippen LogP contribution < -0.4 is 14.4 Å². The summed E-state index contributed by atoms with van der Waals surface area (Å²) >= 11 is 0. The SMILES string of the molecule is CCOc1ccc(C(=O)N(c2ccc(OCC)cc2)[C@@H]2C=CS(=O)(=O)C2)cc1. The minimum Gasteiger partial charge on any atom is -0.494 e. The average molecular weight is 401 g/mol. The van der Waals surface area contributed by atoms with E-state index in [0.29, 0.717) is 36.0 Å². The van der Waals surface area contributed by atoms with Gasteiger partial charge in [0.15, 0.2) is 9.84 Å². The average Bonchev–Trinajstić information content (AvgIpc) is 3.04. The van der Waals surface area contributed by atoms with Gasteiger partial charge in [0.2, 0.25) is 0 Å². The van der Waals surface area contributed by atoms with Crippen LogP contribution in [0, 0.1) is 0 Å². The van der Waals surface area contributed by atoms with Gasteiger partial charge in [0.1, 0.15) is 11.5 Å². The molecule has 3 rings (SSSR count). The first-order chi connectivity index (χ1) is 13.4. The fraction of sp³-hybridized carbons (Fsp3) is 0.286. The molecule has 28 heavy (non-hydrogen) atoms. The van der Waals surface area contributed by atoms with Crippen molar-refractivity contribution in [3.8, 4) is 11.5 Å². The maximum absolute atomic E-state index is 13.2. The number of carbonyl (C=O) groups is 1. The maximum Gasteiger partial charge on any atom is 0.258 e. The highest BCUT2D eigenvalue weighted by atomic mass is 32.2. The molecule has 1 amide bonds. The predicted molar refractivity (Wildman–Crippen MR) is 109 cm³/mol. The van der Waals surface area contributed by atoms with Crippen molar-refractivity contribution in [3.63, 3.8) is 0 Å². The molecule has 0 saturated carbocycles. The van der Waals surface area contributed by atoms with E-state index >= 15 is 0 Å². The molecule has 0 fully saturated rings. The van der Waals surface area contributed by atoms with Crippen molar-refractivity contribution in [2.45, 2.75) is 19.9 Å². The van der Waals surface area contributed by atoms with Gasteiger partial charge in [-0.15, -0.1) is 0 Å². The van der Waals surface area contributed by atoms with Crippen molar-refractivity contribution in [2.75, 3.05) is 23.9 Å². The Morgan fingerprint density at radius 1 is 0.964 bits per heavy atom. The number of carbonyl (C=O) groups excluding carboxylic acids is 1. The van der Waals surface area contributed by atoms with Crippen LogP contribution in [0.3, 0.4) is 0 Å². The predicted octanol–water partition coefficient (Wildman–Crippen LogP) is 3.44. The summed E-state index contributed by atoms with van der Waals surface area (Å²) in [6.07, 6.45) is 1.55. The lowest BCUT2D eigenvalue weighted by Crippen LogP contribution is -2.41. The standard InChI is InChI=1S/C21H23NO5S/c1-3-26-19-9-5-16(6-10-19)21(23)22(18-13-14-28(24,25)15-18)17-7-11-20(12-8-17)27-4-2/h5-14,18H,3-4,15H2,1-2H3/t18-/m1/s1. The zero-order valence-corrected chi connectivity index (χ0v) is 16.7. The number of anilines is 1. The molecule has 0 saturated heterocycles. The monoisotopic (exact) mass is 401 g/mol.